The summed E-state index contributed by atoms with van der Waals surface area (Å²) in [5, 5.41) is 3.68. The minimum atomic E-state index is 0.0473. The van der Waals surface area contributed by atoms with E-state index in [-0.39, 0.29) is 5.54 Å². The standard InChI is InChI=1S/C16H26N2O/c1-12-8-13(2)10-16(9-12,11-17)18-14-4-6-15(19-3)7-5-14/h4-7,12-13,18H,8-11,17H2,1-3H3. The zero-order valence-corrected chi connectivity index (χ0v) is 12.3. The Morgan fingerprint density at radius 2 is 1.79 bits per heavy atom. The van der Waals surface area contributed by atoms with E-state index in [0.29, 0.717) is 6.54 Å². The number of nitrogens with one attached hydrogen (secondary N) is 1. The maximum absolute atomic E-state index is 6.08. The van der Waals surface area contributed by atoms with E-state index in [1.54, 1.807) is 7.11 Å². The highest BCUT2D eigenvalue weighted by molar-refractivity contribution is 5.48. The Labute approximate surface area is 116 Å². The molecular formula is C16H26N2O. The Kier molecular flexibility index (Phi) is 4.35. The predicted molar refractivity (Wildman–Crippen MR) is 80.6 cm³/mol. The molecule has 0 heterocycles. The van der Waals surface area contributed by atoms with Crippen molar-refractivity contribution in [1.29, 1.82) is 0 Å². The van der Waals surface area contributed by atoms with Crippen molar-refractivity contribution in [2.24, 2.45) is 17.6 Å². The van der Waals surface area contributed by atoms with Crippen molar-refractivity contribution in [3.05, 3.63) is 24.3 Å². The van der Waals surface area contributed by atoms with Crippen LogP contribution in [0.2, 0.25) is 0 Å². The Balaban J connectivity index is 2.12. The van der Waals surface area contributed by atoms with Crippen LogP contribution in [0.1, 0.15) is 33.1 Å². The molecule has 0 spiro atoms. The van der Waals surface area contributed by atoms with Gasteiger partial charge in [-0.2, -0.15) is 0 Å². The van der Waals surface area contributed by atoms with E-state index >= 15 is 0 Å². The van der Waals surface area contributed by atoms with Gasteiger partial charge in [-0.3, -0.25) is 0 Å². The van der Waals surface area contributed by atoms with Gasteiger partial charge in [-0.15, -0.1) is 0 Å². The lowest BCUT2D eigenvalue weighted by Crippen LogP contribution is -2.50. The van der Waals surface area contributed by atoms with Crippen molar-refractivity contribution in [3.8, 4) is 5.75 Å². The van der Waals surface area contributed by atoms with E-state index in [1.807, 2.05) is 12.1 Å². The molecule has 2 rings (SSSR count). The van der Waals surface area contributed by atoms with E-state index in [1.165, 1.54) is 6.42 Å². The molecular weight excluding hydrogens is 236 g/mol. The van der Waals surface area contributed by atoms with Crippen LogP contribution in [-0.4, -0.2) is 19.2 Å². The van der Waals surface area contributed by atoms with Crippen LogP contribution in [-0.2, 0) is 0 Å². The summed E-state index contributed by atoms with van der Waals surface area (Å²) in [5.74, 6) is 2.36. The van der Waals surface area contributed by atoms with Crippen molar-refractivity contribution in [2.75, 3.05) is 19.0 Å². The Hall–Kier alpha value is -1.22. The molecule has 2 atom stereocenters. The van der Waals surface area contributed by atoms with Crippen molar-refractivity contribution in [1.82, 2.24) is 0 Å². The van der Waals surface area contributed by atoms with Crippen molar-refractivity contribution < 1.29 is 4.74 Å². The molecule has 0 saturated heterocycles. The first kappa shape index (κ1) is 14.2. The zero-order valence-electron chi connectivity index (χ0n) is 12.3. The average molecular weight is 262 g/mol. The molecule has 106 valence electrons. The zero-order chi connectivity index (χ0) is 13.9. The number of rotatable bonds is 4. The maximum Gasteiger partial charge on any atom is 0.119 e. The van der Waals surface area contributed by atoms with Gasteiger partial charge in [0.15, 0.2) is 0 Å². The minimum Gasteiger partial charge on any atom is -0.497 e. The van der Waals surface area contributed by atoms with Gasteiger partial charge in [0.25, 0.3) is 0 Å². The van der Waals surface area contributed by atoms with Crippen molar-refractivity contribution in [2.45, 2.75) is 38.6 Å². The number of hydrogen-bond donors (Lipinski definition) is 2. The molecule has 1 saturated carbocycles. The van der Waals surface area contributed by atoms with E-state index < -0.39 is 0 Å². The lowest BCUT2D eigenvalue weighted by molar-refractivity contribution is 0.205. The largest absolute Gasteiger partial charge is 0.497 e. The first-order valence-electron chi connectivity index (χ1n) is 7.19. The summed E-state index contributed by atoms with van der Waals surface area (Å²) in [6.45, 7) is 5.35. The van der Waals surface area contributed by atoms with E-state index in [4.69, 9.17) is 10.5 Å². The van der Waals surface area contributed by atoms with Crippen LogP contribution in [0.15, 0.2) is 24.3 Å². The summed E-state index contributed by atoms with van der Waals surface area (Å²) in [7, 11) is 1.69. The second kappa shape index (κ2) is 5.83. The summed E-state index contributed by atoms with van der Waals surface area (Å²) in [6.07, 6.45) is 3.62. The first-order valence-corrected chi connectivity index (χ1v) is 7.19. The van der Waals surface area contributed by atoms with Gasteiger partial charge < -0.3 is 15.8 Å². The molecule has 1 aliphatic rings. The van der Waals surface area contributed by atoms with Crippen LogP contribution in [0.4, 0.5) is 5.69 Å². The SMILES string of the molecule is COc1ccc(NC2(CN)CC(C)CC(C)C2)cc1. The Morgan fingerprint density at radius 3 is 2.26 bits per heavy atom. The third-order valence-corrected chi connectivity index (χ3v) is 4.17. The fraction of sp³-hybridized carbons (Fsp3) is 0.625. The van der Waals surface area contributed by atoms with Crippen molar-refractivity contribution >= 4 is 5.69 Å². The molecule has 3 N–H and O–H groups in total. The number of nitrogens with two attached hydrogens (primary N) is 1. The molecule has 1 aromatic carbocycles. The summed E-state index contributed by atoms with van der Waals surface area (Å²) in [4.78, 5) is 0. The molecule has 0 aromatic heterocycles. The van der Waals surface area contributed by atoms with Gasteiger partial charge >= 0.3 is 0 Å². The summed E-state index contributed by atoms with van der Waals surface area (Å²) >= 11 is 0. The Morgan fingerprint density at radius 1 is 1.21 bits per heavy atom. The van der Waals surface area contributed by atoms with Gasteiger partial charge in [-0.1, -0.05) is 13.8 Å². The second-order valence-corrected chi connectivity index (χ2v) is 6.19. The van der Waals surface area contributed by atoms with Gasteiger partial charge in [0, 0.05) is 12.2 Å². The van der Waals surface area contributed by atoms with Crippen LogP contribution in [0.25, 0.3) is 0 Å². The molecule has 1 aromatic rings. The second-order valence-electron chi connectivity index (χ2n) is 6.19. The number of hydrogen-bond acceptors (Lipinski definition) is 3. The molecule has 1 aliphatic carbocycles. The van der Waals surface area contributed by atoms with Gasteiger partial charge in [-0.25, -0.2) is 0 Å². The number of ether oxygens (including phenoxy) is 1. The lowest BCUT2D eigenvalue weighted by Gasteiger charge is -2.43. The first-order chi connectivity index (χ1) is 9.07. The van der Waals surface area contributed by atoms with Crippen molar-refractivity contribution in [3.63, 3.8) is 0 Å². The third-order valence-electron chi connectivity index (χ3n) is 4.17. The summed E-state index contributed by atoms with van der Waals surface area (Å²) in [6, 6.07) is 8.12. The molecule has 19 heavy (non-hydrogen) atoms. The lowest BCUT2D eigenvalue weighted by atomic mass is 9.71. The van der Waals surface area contributed by atoms with Gasteiger partial charge in [0.2, 0.25) is 0 Å². The molecule has 0 bridgehead atoms. The average Bonchev–Trinajstić information content (AvgIpc) is 2.38. The van der Waals surface area contributed by atoms with Gasteiger partial charge in [-0.05, 0) is 55.4 Å². The highest BCUT2D eigenvalue weighted by atomic mass is 16.5. The number of anilines is 1. The van der Waals surface area contributed by atoms with Crippen LogP contribution in [0.3, 0.4) is 0 Å². The summed E-state index contributed by atoms with van der Waals surface area (Å²) < 4.78 is 5.19. The molecule has 3 heteroatoms. The van der Waals surface area contributed by atoms with Crippen LogP contribution < -0.4 is 15.8 Å². The monoisotopic (exact) mass is 262 g/mol. The number of methoxy groups -OCH3 is 1. The molecule has 3 nitrogen and oxygen atoms in total. The molecule has 1 fully saturated rings. The van der Waals surface area contributed by atoms with E-state index in [9.17, 15) is 0 Å². The normalized spacial score (nSPS) is 30.9. The fourth-order valence-electron chi connectivity index (χ4n) is 3.57. The van der Waals surface area contributed by atoms with Gasteiger partial charge in [0.05, 0.1) is 12.6 Å². The summed E-state index contributed by atoms with van der Waals surface area (Å²) in [5.41, 5.74) is 7.26. The fourth-order valence-corrected chi connectivity index (χ4v) is 3.57. The van der Waals surface area contributed by atoms with E-state index in [2.05, 4.69) is 31.3 Å². The topological polar surface area (TPSA) is 47.3 Å². The van der Waals surface area contributed by atoms with E-state index in [0.717, 1.165) is 36.1 Å². The highest BCUT2D eigenvalue weighted by Crippen LogP contribution is 2.37. The molecule has 2 unspecified atom stereocenters. The van der Waals surface area contributed by atoms with Gasteiger partial charge in [0.1, 0.15) is 5.75 Å². The third kappa shape index (κ3) is 3.41. The van der Waals surface area contributed by atoms with Crippen LogP contribution >= 0.6 is 0 Å². The smallest absolute Gasteiger partial charge is 0.119 e. The number of benzene rings is 1. The highest BCUT2D eigenvalue weighted by Gasteiger charge is 2.36. The molecule has 0 radical (unpaired) electrons. The molecule has 0 amide bonds. The maximum atomic E-state index is 6.08. The van der Waals surface area contributed by atoms with Crippen LogP contribution in [0, 0.1) is 11.8 Å². The van der Waals surface area contributed by atoms with Crippen LogP contribution in [0.5, 0.6) is 5.75 Å². The quantitative estimate of drug-likeness (QED) is 0.875. The molecule has 0 aliphatic heterocycles. The minimum absolute atomic E-state index is 0.0473. The Bertz CT molecular complexity index is 392. The predicted octanol–water partition coefficient (Wildman–Crippen LogP) is 3.26.